The number of nitrogens with one attached hydrogen (secondary N) is 1. The summed E-state index contributed by atoms with van der Waals surface area (Å²) in [5, 5.41) is 3.03. The first-order valence-electron chi connectivity index (χ1n) is 6.93. The summed E-state index contributed by atoms with van der Waals surface area (Å²) in [6.07, 6.45) is 3.37. The molecule has 0 aliphatic carbocycles. The van der Waals surface area contributed by atoms with Crippen LogP contribution in [0.25, 0.3) is 0 Å². The number of anilines is 2. The lowest BCUT2D eigenvalue weighted by molar-refractivity contribution is 0.437. The molecule has 0 bridgehead atoms. The lowest BCUT2D eigenvalue weighted by Crippen LogP contribution is -2.33. The number of hydrogen-bond donors (Lipinski definition) is 2. The molecule has 1 saturated heterocycles. The van der Waals surface area contributed by atoms with Crippen molar-refractivity contribution in [3.8, 4) is 0 Å². The van der Waals surface area contributed by atoms with E-state index < -0.39 is 9.84 Å². The van der Waals surface area contributed by atoms with Gasteiger partial charge in [0.15, 0.2) is 14.9 Å². The van der Waals surface area contributed by atoms with Crippen molar-refractivity contribution in [2.45, 2.75) is 24.7 Å². The summed E-state index contributed by atoms with van der Waals surface area (Å²) >= 11 is 4.83. The van der Waals surface area contributed by atoms with Gasteiger partial charge in [0, 0.05) is 25.0 Å². The summed E-state index contributed by atoms with van der Waals surface area (Å²) in [4.78, 5) is 2.48. The number of nitrogens with two attached hydrogens (primary N) is 1. The Balaban J connectivity index is 2.41. The van der Waals surface area contributed by atoms with Crippen LogP contribution < -0.4 is 16.0 Å². The molecule has 0 unspecified atom stereocenters. The number of thiocarbonyl (C=S) groups is 1. The molecule has 7 heteroatoms. The Morgan fingerprint density at radius 1 is 1.38 bits per heavy atom. The third-order valence-corrected chi connectivity index (χ3v) is 5.00. The molecule has 3 N–H and O–H groups in total. The first-order chi connectivity index (χ1) is 9.77. The van der Waals surface area contributed by atoms with Crippen LogP contribution in [0.2, 0.25) is 0 Å². The minimum atomic E-state index is -3.28. The van der Waals surface area contributed by atoms with Crippen LogP contribution in [-0.2, 0) is 9.84 Å². The van der Waals surface area contributed by atoms with Gasteiger partial charge in [0.05, 0.1) is 10.6 Å². The van der Waals surface area contributed by atoms with Crippen LogP contribution in [0, 0.1) is 5.92 Å². The van der Waals surface area contributed by atoms with Crippen LogP contribution in [0.1, 0.15) is 19.8 Å². The number of nitrogens with zero attached hydrogens (tertiary/aromatic N) is 1. The minimum Gasteiger partial charge on any atom is -0.376 e. The Morgan fingerprint density at radius 2 is 2.00 bits per heavy atom. The van der Waals surface area contributed by atoms with Crippen LogP contribution in [-0.4, -0.2) is 32.9 Å². The van der Waals surface area contributed by atoms with E-state index in [9.17, 15) is 8.42 Å². The second kappa shape index (κ2) is 6.19. The van der Waals surface area contributed by atoms with Crippen LogP contribution >= 0.6 is 12.2 Å². The maximum Gasteiger partial charge on any atom is 0.177 e. The number of sulfone groups is 1. The van der Waals surface area contributed by atoms with Crippen molar-refractivity contribution in [2.24, 2.45) is 11.7 Å². The van der Waals surface area contributed by atoms with Crippen LogP contribution in [0.15, 0.2) is 23.1 Å². The summed E-state index contributed by atoms with van der Waals surface area (Å²) in [7, 11) is -3.28. The maximum absolute atomic E-state index is 12.0. The fraction of sp³-hybridized carbons (Fsp3) is 0.500. The Bertz CT molecular complexity index is 636. The highest BCUT2D eigenvalue weighted by Gasteiger charge is 2.22. The third-order valence-electron chi connectivity index (χ3n) is 3.75. The largest absolute Gasteiger partial charge is 0.376 e. The average molecular weight is 327 g/mol. The van der Waals surface area contributed by atoms with Gasteiger partial charge in [0.1, 0.15) is 0 Å². The van der Waals surface area contributed by atoms with Gasteiger partial charge in [-0.2, -0.15) is 0 Å². The molecule has 0 amide bonds. The van der Waals surface area contributed by atoms with Crippen molar-refractivity contribution in [1.82, 2.24) is 0 Å². The van der Waals surface area contributed by atoms with E-state index in [2.05, 4.69) is 17.1 Å². The smallest absolute Gasteiger partial charge is 0.177 e. The van der Waals surface area contributed by atoms with Gasteiger partial charge in [0.25, 0.3) is 0 Å². The Hall–Kier alpha value is -1.34. The summed E-state index contributed by atoms with van der Waals surface area (Å²) in [5.74, 6) is 0.681. The second-order valence-electron chi connectivity index (χ2n) is 5.61. The molecule has 0 aromatic heterocycles. The average Bonchev–Trinajstić information content (AvgIpc) is 2.37. The van der Waals surface area contributed by atoms with E-state index in [1.54, 1.807) is 12.1 Å². The maximum atomic E-state index is 12.0. The van der Waals surface area contributed by atoms with E-state index in [1.165, 1.54) is 6.26 Å². The lowest BCUT2D eigenvalue weighted by Gasteiger charge is -2.33. The number of hydrogen-bond acceptors (Lipinski definition) is 4. The summed E-state index contributed by atoms with van der Waals surface area (Å²) < 4.78 is 24.0. The number of piperidine rings is 1. The molecular weight excluding hydrogens is 306 g/mol. The van der Waals surface area contributed by atoms with Crippen LogP contribution in [0.4, 0.5) is 11.4 Å². The molecule has 5 nitrogen and oxygen atoms in total. The van der Waals surface area contributed by atoms with Crippen molar-refractivity contribution in [2.75, 3.05) is 29.6 Å². The van der Waals surface area contributed by atoms with Crippen molar-refractivity contribution in [3.05, 3.63) is 18.2 Å². The van der Waals surface area contributed by atoms with Gasteiger partial charge in [0.2, 0.25) is 0 Å². The number of benzene rings is 1. The Kier molecular flexibility index (Phi) is 4.73. The van der Waals surface area contributed by atoms with E-state index in [0.29, 0.717) is 16.5 Å². The van der Waals surface area contributed by atoms with Gasteiger partial charge >= 0.3 is 0 Å². The fourth-order valence-electron chi connectivity index (χ4n) is 2.55. The molecule has 1 aromatic carbocycles. The van der Waals surface area contributed by atoms with Gasteiger partial charge in [-0.3, -0.25) is 0 Å². The predicted molar refractivity (Wildman–Crippen MR) is 90.6 cm³/mol. The molecule has 0 spiro atoms. The van der Waals surface area contributed by atoms with Crippen molar-refractivity contribution in [1.29, 1.82) is 0 Å². The van der Waals surface area contributed by atoms with Gasteiger partial charge < -0.3 is 16.0 Å². The van der Waals surface area contributed by atoms with Crippen molar-refractivity contribution < 1.29 is 8.42 Å². The molecule has 1 aliphatic heterocycles. The molecule has 0 atom stereocenters. The fourth-order valence-corrected chi connectivity index (χ4v) is 3.55. The quantitative estimate of drug-likeness (QED) is 0.827. The minimum absolute atomic E-state index is 0.167. The summed E-state index contributed by atoms with van der Waals surface area (Å²) in [6, 6.07) is 5.11. The highest BCUT2D eigenvalue weighted by Crippen LogP contribution is 2.31. The zero-order valence-electron chi connectivity index (χ0n) is 12.3. The monoisotopic (exact) mass is 327 g/mol. The third kappa shape index (κ3) is 4.07. The summed E-state index contributed by atoms with van der Waals surface area (Å²) in [5.41, 5.74) is 6.92. The predicted octanol–water partition coefficient (Wildman–Crippen LogP) is 1.98. The van der Waals surface area contributed by atoms with Crippen molar-refractivity contribution in [3.63, 3.8) is 0 Å². The SMILES string of the molecule is CC1CCN(c2cc(NC(N)=S)ccc2S(C)(=O)=O)CC1. The molecule has 2 rings (SSSR count). The summed E-state index contributed by atoms with van der Waals surface area (Å²) in [6.45, 7) is 3.94. The molecule has 116 valence electrons. The first kappa shape index (κ1) is 16.0. The van der Waals surface area contributed by atoms with Crippen LogP contribution in [0.5, 0.6) is 0 Å². The van der Waals surface area contributed by atoms with E-state index in [4.69, 9.17) is 18.0 Å². The van der Waals surface area contributed by atoms with E-state index in [-0.39, 0.29) is 5.11 Å². The van der Waals surface area contributed by atoms with Gasteiger partial charge in [-0.25, -0.2) is 8.42 Å². The molecule has 1 fully saturated rings. The van der Waals surface area contributed by atoms with E-state index >= 15 is 0 Å². The normalized spacial score (nSPS) is 16.8. The molecule has 0 saturated carbocycles. The second-order valence-corrected chi connectivity index (χ2v) is 8.04. The van der Waals surface area contributed by atoms with Crippen LogP contribution in [0.3, 0.4) is 0 Å². The lowest BCUT2D eigenvalue weighted by atomic mass is 9.99. The zero-order chi connectivity index (χ0) is 15.6. The zero-order valence-corrected chi connectivity index (χ0v) is 13.9. The van der Waals surface area contributed by atoms with E-state index in [1.807, 2.05) is 6.07 Å². The van der Waals surface area contributed by atoms with Gasteiger partial charge in [-0.15, -0.1) is 0 Å². The van der Waals surface area contributed by atoms with Gasteiger partial charge in [-0.1, -0.05) is 6.92 Å². The molecule has 1 heterocycles. The first-order valence-corrected chi connectivity index (χ1v) is 9.23. The molecule has 1 aromatic rings. The molecule has 1 aliphatic rings. The van der Waals surface area contributed by atoms with Gasteiger partial charge in [-0.05, 0) is 49.2 Å². The highest BCUT2D eigenvalue weighted by molar-refractivity contribution is 7.90. The van der Waals surface area contributed by atoms with E-state index in [0.717, 1.165) is 31.6 Å². The standard InChI is InChI=1S/C14H21N3O2S2/c1-10-5-7-17(8-6-10)12-9-11(16-14(15)20)3-4-13(12)21(2,18)19/h3-4,9-10H,5-8H2,1-2H3,(H3,15,16,20). The Labute approximate surface area is 131 Å². The molecular formula is C14H21N3O2S2. The Morgan fingerprint density at radius 3 is 2.52 bits per heavy atom. The van der Waals surface area contributed by atoms with Crippen molar-refractivity contribution >= 4 is 38.5 Å². The molecule has 21 heavy (non-hydrogen) atoms. The number of rotatable bonds is 3. The topological polar surface area (TPSA) is 75.4 Å². The molecule has 0 radical (unpaired) electrons. The highest BCUT2D eigenvalue weighted by atomic mass is 32.2.